The molecule has 0 atom stereocenters. The number of hydrogen-bond donors (Lipinski definition) is 2. The Balaban J connectivity index is 1.64. The number of piperidine rings is 1. The minimum absolute atomic E-state index is 0.142. The van der Waals surface area contributed by atoms with Crippen LogP contribution < -0.4 is 10.1 Å². The van der Waals surface area contributed by atoms with Crippen molar-refractivity contribution in [1.82, 2.24) is 9.88 Å². The molecule has 0 amide bonds. The first kappa shape index (κ1) is 22.8. The maximum absolute atomic E-state index is 13.5. The molecule has 2 N–H and O–H groups in total. The molecule has 5 nitrogen and oxygen atoms in total. The standard InChI is InChI=1S/C21H28F3N3O2S/c1-2-3-4-11-29-19-6-5-15(12-18(19)21(22,23)24)25-20-26-16(14-30-20)13-27-9-7-17(28)8-10-27/h5-6,12,14,17,28H,2-4,7-11,13H2,1H3,(H,25,26). The Kier molecular flexibility index (Phi) is 7.96. The number of unbranched alkanes of at least 4 members (excludes halogenated alkanes) is 2. The number of ether oxygens (including phenoxy) is 1. The Labute approximate surface area is 178 Å². The zero-order valence-electron chi connectivity index (χ0n) is 17.0. The molecule has 2 heterocycles. The summed E-state index contributed by atoms with van der Waals surface area (Å²) in [4.78, 5) is 6.71. The molecule has 2 aromatic rings. The van der Waals surface area contributed by atoms with Gasteiger partial charge >= 0.3 is 6.18 Å². The molecule has 30 heavy (non-hydrogen) atoms. The van der Waals surface area contributed by atoms with Gasteiger partial charge in [-0.1, -0.05) is 19.8 Å². The van der Waals surface area contributed by atoms with Gasteiger partial charge in [0.05, 0.1) is 24.0 Å². The summed E-state index contributed by atoms with van der Waals surface area (Å²) in [6.07, 6.45) is -0.587. The zero-order valence-corrected chi connectivity index (χ0v) is 17.9. The Morgan fingerprint density at radius 1 is 1.27 bits per heavy atom. The van der Waals surface area contributed by atoms with Crippen molar-refractivity contribution in [3.63, 3.8) is 0 Å². The number of nitrogens with one attached hydrogen (secondary N) is 1. The number of aromatic nitrogens is 1. The Morgan fingerprint density at radius 3 is 2.73 bits per heavy atom. The number of thiazole rings is 1. The number of alkyl halides is 3. The average molecular weight is 444 g/mol. The van der Waals surface area contributed by atoms with Crippen molar-refractivity contribution in [3.8, 4) is 5.75 Å². The molecule has 0 spiro atoms. The molecule has 1 aliphatic heterocycles. The lowest BCUT2D eigenvalue weighted by atomic mass is 10.1. The fraction of sp³-hybridized carbons (Fsp3) is 0.571. The van der Waals surface area contributed by atoms with Crippen molar-refractivity contribution in [2.75, 3.05) is 25.0 Å². The van der Waals surface area contributed by atoms with E-state index in [9.17, 15) is 18.3 Å². The summed E-state index contributed by atoms with van der Waals surface area (Å²) in [5.74, 6) is -0.142. The number of aliphatic hydroxyl groups is 1. The summed E-state index contributed by atoms with van der Waals surface area (Å²) >= 11 is 1.36. The van der Waals surface area contributed by atoms with E-state index < -0.39 is 11.7 Å². The minimum Gasteiger partial charge on any atom is -0.493 e. The van der Waals surface area contributed by atoms with Crippen molar-refractivity contribution >= 4 is 22.2 Å². The van der Waals surface area contributed by atoms with Crippen LogP contribution in [0.2, 0.25) is 0 Å². The molecule has 0 radical (unpaired) electrons. The van der Waals surface area contributed by atoms with Gasteiger partial charge in [0, 0.05) is 30.7 Å². The van der Waals surface area contributed by atoms with E-state index >= 15 is 0 Å². The predicted octanol–water partition coefficient (Wildman–Crippen LogP) is 5.43. The van der Waals surface area contributed by atoms with Gasteiger partial charge in [0.1, 0.15) is 5.75 Å². The van der Waals surface area contributed by atoms with Gasteiger partial charge in [-0.3, -0.25) is 4.90 Å². The number of likely N-dealkylation sites (tertiary alicyclic amines) is 1. The number of nitrogens with zero attached hydrogens (tertiary/aromatic N) is 2. The number of halogens is 3. The second kappa shape index (κ2) is 10.5. The highest BCUT2D eigenvalue weighted by Gasteiger charge is 2.34. The summed E-state index contributed by atoms with van der Waals surface area (Å²) in [7, 11) is 0. The number of aliphatic hydroxyl groups excluding tert-OH is 1. The van der Waals surface area contributed by atoms with E-state index in [1.165, 1.54) is 17.4 Å². The fourth-order valence-corrected chi connectivity index (χ4v) is 4.08. The molecular formula is C21H28F3N3O2S. The molecular weight excluding hydrogens is 415 g/mol. The molecule has 1 aliphatic rings. The SMILES string of the molecule is CCCCCOc1ccc(Nc2nc(CN3CCC(O)CC3)cs2)cc1C(F)(F)F. The smallest absolute Gasteiger partial charge is 0.420 e. The molecule has 3 rings (SSSR count). The maximum atomic E-state index is 13.5. The number of benzene rings is 1. The van der Waals surface area contributed by atoms with Gasteiger partial charge in [0.2, 0.25) is 0 Å². The molecule has 9 heteroatoms. The van der Waals surface area contributed by atoms with Gasteiger partial charge in [-0.05, 0) is 37.5 Å². The highest BCUT2D eigenvalue weighted by atomic mass is 32.1. The summed E-state index contributed by atoms with van der Waals surface area (Å²) in [6.45, 7) is 4.60. The molecule has 0 bridgehead atoms. The highest BCUT2D eigenvalue weighted by molar-refractivity contribution is 7.13. The van der Waals surface area contributed by atoms with Gasteiger partial charge in [-0.15, -0.1) is 11.3 Å². The van der Waals surface area contributed by atoms with Crippen LogP contribution in [0.4, 0.5) is 24.0 Å². The average Bonchev–Trinajstić information content (AvgIpc) is 3.14. The molecule has 1 aromatic heterocycles. The maximum Gasteiger partial charge on any atom is 0.420 e. The molecule has 0 unspecified atom stereocenters. The van der Waals surface area contributed by atoms with Crippen LogP contribution in [-0.2, 0) is 12.7 Å². The van der Waals surface area contributed by atoms with E-state index in [0.29, 0.717) is 17.4 Å². The van der Waals surface area contributed by atoms with Crippen LogP contribution in [0.25, 0.3) is 0 Å². The van der Waals surface area contributed by atoms with E-state index in [-0.39, 0.29) is 18.5 Å². The summed E-state index contributed by atoms with van der Waals surface area (Å²) < 4.78 is 45.9. The number of anilines is 2. The third-order valence-corrected chi connectivity index (χ3v) is 5.84. The van der Waals surface area contributed by atoms with Crippen molar-refractivity contribution < 1.29 is 23.0 Å². The van der Waals surface area contributed by atoms with Crippen LogP contribution in [0.5, 0.6) is 5.75 Å². The first-order chi connectivity index (χ1) is 14.3. The molecule has 166 valence electrons. The summed E-state index contributed by atoms with van der Waals surface area (Å²) in [5.41, 5.74) is 0.406. The van der Waals surface area contributed by atoms with Crippen LogP contribution in [0.3, 0.4) is 0 Å². The minimum atomic E-state index is -4.50. The van der Waals surface area contributed by atoms with Crippen LogP contribution >= 0.6 is 11.3 Å². The highest BCUT2D eigenvalue weighted by Crippen LogP contribution is 2.38. The third-order valence-electron chi connectivity index (χ3n) is 5.04. The lowest BCUT2D eigenvalue weighted by Crippen LogP contribution is -2.35. The molecule has 1 fully saturated rings. The largest absolute Gasteiger partial charge is 0.493 e. The summed E-state index contributed by atoms with van der Waals surface area (Å²) in [5, 5.41) is 15.0. The van der Waals surface area contributed by atoms with Crippen LogP contribution in [-0.4, -0.2) is 40.8 Å². The topological polar surface area (TPSA) is 57.6 Å². The molecule has 0 aliphatic carbocycles. The van der Waals surface area contributed by atoms with Gasteiger partial charge in [0.25, 0.3) is 0 Å². The first-order valence-corrected chi connectivity index (χ1v) is 11.2. The van der Waals surface area contributed by atoms with Crippen molar-refractivity contribution in [2.24, 2.45) is 0 Å². The monoisotopic (exact) mass is 443 g/mol. The van der Waals surface area contributed by atoms with Crippen LogP contribution in [0, 0.1) is 0 Å². The molecule has 0 saturated carbocycles. The van der Waals surface area contributed by atoms with Crippen molar-refractivity contribution in [1.29, 1.82) is 0 Å². The third kappa shape index (κ3) is 6.58. The molecule has 1 saturated heterocycles. The Bertz CT molecular complexity index is 805. The zero-order chi connectivity index (χ0) is 21.6. The quantitative estimate of drug-likeness (QED) is 0.506. The lowest BCUT2D eigenvalue weighted by molar-refractivity contribution is -0.138. The number of rotatable bonds is 9. The second-order valence-corrected chi connectivity index (χ2v) is 8.40. The van der Waals surface area contributed by atoms with Crippen molar-refractivity contribution in [3.05, 3.63) is 34.8 Å². The van der Waals surface area contributed by atoms with Gasteiger partial charge in [-0.25, -0.2) is 4.98 Å². The van der Waals surface area contributed by atoms with Gasteiger partial charge < -0.3 is 15.2 Å². The van der Waals surface area contributed by atoms with Crippen LogP contribution in [0.1, 0.15) is 50.3 Å². The van der Waals surface area contributed by atoms with Crippen molar-refractivity contribution in [2.45, 2.75) is 57.9 Å². The number of hydrogen-bond acceptors (Lipinski definition) is 6. The van der Waals surface area contributed by atoms with E-state index in [4.69, 9.17) is 4.74 Å². The van der Waals surface area contributed by atoms with E-state index in [2.05, 4.69) is 15.2 Å². The Morgan fingerprint density at radius 2 is 2.03 bits per heavy atom. The second-order valence-electron chi connectivity index (χ2n) is 7.54. The van der Waals surface area contributed by atoms with E-state index in [1.807, 2.05) is 12.3 Å². The van der Waals surface area contributed by atoms with Gasteiger partial charge in [0.15, 0.2) is 5.13 Å². The van der Waals surface area contributed by atoms with Gasteiger partial charge in [-0.2, -0.15) is 13.2 Å². The Hall–Kier alpha value is -1.84. The van der Waals surface area contributed by atoms with Crippen LogP contribution in [0.15, 0.2) is 23.6 Å². The molecule has 1 aromatic carbocycles. The first-order valence-electron chi connectivity index (χ1n) is 10.3. The predicted molar refractivity (Wildman–Crippen MR) is 112 cm³/mol. The fourth-order valence-electron chi connectivity index (χ4n) is 3.36. The van der Waals surface area contributed by atoms with E-state index in [0.717, 1.165) is 57.0 Å². The lowest BCUT2D eigenvalue weighted by Gasteiger charge is -2.28. The van der Waals surface area contributed by atoms with E-state index in [1.54, 1.807) is 6.07 Å². The normalized spacial score (nSPS) is 16.0. The summed E-state index contributed by atoms with van der Waals surface area (Å²) in [6, 6.07) is 4.02.